The fourth-order valence-corrected chi connectivity index (χ4v) is 2.85. The molecule has 3 rings (SSSR count). The Kier molecular flexibility index (Phi) is 2.55. The second-order valence-corrected chi connectivity index (χ2v) is 4.80. The van der Waals surface area contributed by atoms with Crippen LogP contribution in [-0.4, -0.2) is 35.5 Å². The summed E-state index contributed by atoms with van der Waals surface area (Å²) in [5.41, 5.74) is -0.129. The molecule has 0 aromatic carbocycles. The third-order valence-corrected chi connectivity index (χ3v) is 3.92. The van der Waals surface area contributed by atoms with Gasteiger partial charge in [-0.25, -0.2) is 9.97 Å². The summed E-state index contributed by atoms with van der Waals surface area (Å²) in [6, 6.07) is 1.80. The summed E-state index contributed by atoms with van der Waals surface area (Å²) in [6.45, 7) is 2.68. The highest BCUT2D eigenvalue weighted by molar-refractivity contribution is 5.99. The van der Waals surface area contributed by atoms with E-state index < -0.39 is 0 Å². The Morgan fingerprint density at radius 3 is 2.82 bits per heavy atom. The van der Waals surface area contributed by atoms with Crippen LogP contribution in [0.4, 0.5) is 5.82 Å². The number of anilines is 1. The first-order chi connectivity index (χ1) is 8.32. The van der Waals surface area contributed by atoms with Crippen LogP contribution in [0.2, 0.25) is 0 Å². The SMILES string of the molecule is O=C1N(c2ccncn2)CCC12CCNCC2. The van der Waals surface area contributed by atoms with Gasteiger partial charge in [0, 0.05) is 12.7 Å². The van der Waals surface area contributed by atoms with Gasteiger partial charge >= 0.3 is 0 Å². The van der Waals surface area contributed by atoms with Gasteiger partial charge in [0.15, 0.2) is 0 Å². The van der Waals surface area contributed by atoms with E-state index in [1.54, 1.807) is 12.3 Å². The van der Waals surface area contributed by atoms with E-state index in [2.05, 4.69) is 15.3 Å². The van der Waals surface area contributed by atoms with Crippen LogP contribution >= 0.6 is 0 Å². The van der Waals surface area contributed by atoms with Crippen molar-refractivity contribution < 1.29 is 4.79 Å². The highest BCUT2D eigenvalue weighted by Crippen LogP contribution is 2.40. The molecule has 1 amide bonds. The van der Waals surface area contributed by atoms with Crippen molar-refractivity contribution in [2.45, 2.75) is 19.3 Å². The minimum Gasteiger partial charge on any atom is -0.317 e. The van der Waals surface area contributed by atoms with Gasteiger partial charge in [0.05, 0.1) is 5.41 Å². The number of nitrogens with zero attached hydrogens (tertiary/aromatic N) is 3. The van der Waals surface area contributed by atoms with Gasteiger partial charge in [-0.1, -0.05) is 0 Å². The Hall–Kier alpha value is -1.49. The standard InChI is InChI=1S/C12H16N4O/c17-11-12(2-6-13-7-3-12)4-8-16(11)10-1-5-14-9-15-10/h1,5,9,13H,2-4,6-8H2. The van der Waals surface area contributed by atoms with Crippen LogP contribution in [0.1, 0.15) is 19.3 Å². The normalized spacial score (nSPS) is 23.3. The number of piperidine rings is 1. The molecule has 2 fully saturated rings. The van der Waals surface area contributed by atoms with E-state index >= 15 is 0 Å². The minimum absolute atomic E-state index is 0.129. The second-order valence-electron chi connectivity index (χ2n) is 4.80. The third kappa shape index (κ3) is 1.70. The Morgan fingerprint density at radius 2 is 2.12 bits per heavy atom. The smallest absolute Gasteiger partial charge is 0.234 e. The van der Waals surface area contributed by atoms with Gasteiger partial charge < -0.3 is 5.32 Å². The molecular weight excluding hydrogens is 216 g/mol. The number of nitrogens with one attached hydrogen (secondary N) is 1. The number of rotatable bonds is 1. The monoisotopic (exact) mass is 232 g/mol. The fourth-order valence-electron chi connectivity index (χ4n) is 2.85. The Labute approximate surface area is 100 Å². The molecule has 17 heavy (non-hydrogen) atoms. The molecule has 2 aliphatic heterocycles. The van der Waals surface area contributed by atoms with Gasteiger partial charge in [-0.15, -0.1) is 0 Å². The number of hydrogen-bond donors (Lipinski definition) is 1. The molecule has 1 aromatic rings. The average molecular weight is 232 g/mol. The summed E-state index contributed by atoms with van der Waals surface area (Å²) in [4.78, 5) is 22.4. The molecule has 1 N–H and O–H groups in total. The maximum Gasteiger partial charge on any atom is 0.234 e. The van der Waals surface area contributed by atoms with E-state index in [1.807, 2.05) is 4.90 Å². The zero-order valence-electron chi connectivity index (χ0n) is 9.72. The highest BCUT2D eigenvalue weighted by atomic mass is 16.2. The molecular formula is C12H16N4O. The lowest BCUT2D eigenvalue weighted by atomic mass is 9.78. The van der Waals surface area contributed by atoms with E-state index in [4.69, 9.17) is 0 Å². The van der Waals surface area contributed by atoms with Gasteiger partial charge in [0.2, 0.25) is 5.91 Å². The lowest BCUT2D eigenvalue weighted by molar-refractivity contribution is -0.126. The lowest BCUT2D eigenvalue weighted by Gasteiger charge is -2.31. The van der Waals surface area contributed by atoms with Crippen LogP contribution in [0.25, 0.3) is 0 Å². The van der Waals surface area contributed by atoms with Gasteiger partial charge in [-0.2, -0.15) is 0 Å². The zero-order valence-corrected chi connectivity index (χ0v) is 9.72. The molecule has 2 saturated heterocycles. The summed E-state index contributed by atoms with van der Waals surface area (Å²) >= 11 is 0. The number of hydrogen-bond acceptors (Lipinski definition) is 4. The molecule has 3 heterocycles. The predicted octanol–water partition coefficient (Wildman–Crippen LogP) is 0.583. The topological polar surface area (TPSA) is 58.1 Å². The van der Waals surface area contributed by atoms with Crippen molar-refractivity contribution in [3.63, 3.8) is 0 Å². The number of amides is 1. The Morgan fingerprint density at radius 1 is 1.29 bits per heavy atom. The van der Waals surface area contributed by atoms with Crippen LogP contribution in [-0.2, 0) is 4.79 Å². The van der Waals surface area contributed by atoms with Gasteiger partial charge in [-0.05, 0) is 38.4 Å². The summed E-state index contributed by atoms with van der Waals surface area (Å²) in [5, 5.41) is 3.31. The number of carbonyl (C=O) groups excluding carboxylic acids is 1. The summed E-state index contributed by atoms with van der Waals surface area (Å²) in [6.07, 6.45) is 6.04. The maximum absolute atomic E-state index is 12.5. The average Bonchev–Trinajstić information content (AvgIpc) is 2.70. The van der Waals surface area contributed by atoms with Crippen LogP contribution in [0.3, 0.4) is 0 Å². The van der Waals surface area contributed by atoms with Crippen molar-refractivity contribution in [2.24, 2.45) is 5.41 Å². The van der Waals surface area contributed by atoms with Crippen molar-refractivity contribution in [1.82, 2.24) is 15.3 Å². The second kappa shape index (κ2) is 4.07. The van der Waals surface area contributed by atoms with Gasteiger partial charge in [0.1, 0.15) is 12.1 Å². The van der Waals surface area contributed by atoms with E-state index in [-0.39, 0.29) is 11.3 Å². The zero-order chi connectivity index (χ0) is 11.7. The first-order valence-corrected chi connectivity index (χ1v) is 6.11. The molecule has 1 spiro atoms. The minimum atomic E-state index is -0.129. The summed E-state index contributed by atoms with van der Waals surface area (Å²) in [7, 11) is 0. The van der Waals surface area contributed by atoms with Crippen LogP contribution in [0.15, 0.2) is 18.6 Å². The summed E-state index contributed by atoms with van der Waals surface area (Å²) < 4.78 is 0. The van der Waals surface area contributed by atoms with E-state index in [0.717, 1.165) is 44.7 Å². The van der Waals surface area contributed by atoms with Crippen molar-refractivity contribution in [2.75, 3.05) is 24.5 Å². The maximum atomic E-state index is 12.5. The quantitative estimate of drug-likeness (QED) is 0.769. The molecule has 5 heteroatoms. The van der Waals surface area contributed by atoms with Gasteiger partial charge in [0.25, 0.3) is 0 Å². The predicted molar refractivity (Wildman–Crippen MR) is 63.5 cm³/mol. The molecule has 0 unspecified atom stereocenters. The number of aromatic nitrogens is 2. The van der Waals surface area contributed by atoms with E-state index in [9.17, 15) is 4.79 Å². The Bertz CT molecular complexity index is 414. The van der Waals surface area contributed by atoms with Crippen molar-refractivity contribution >= 4 is 11.7 Å². The third-order valence-electron chi connectivity index (χ3n) is 3.92. The molecule has 1 aromatic heterocycles. The highest BCUT2D eigenvalue weighted by Gasteiger charge is 2.47. The van der Waals surface area contributed by atoms with Crippen LogP contribution < -0.4 is 10.2 Å². The Balaban J connectivity index is 1.85. The van der Waals surface area contributed by atoms with Crippen molar-refractivity contribution in [1.29, 1.82) is 0 Å². The largest absolute Gasteiger partial charge is 0.317 e. The van der Waals surface area contributed by atoms with Crippen molar-refractivity contribution in [3.05, 3.63) is 18.6 Å². The molecule has 0 bridgehead atoms. The van der Waals surface area contributed by atoms with E-state index in [0.29, 0.717) is 0 Å². The molecule has 2 aliphatic rings. The molecule has 90 valence electrons. The molecule has 5 nitrogen and oxygen atoms in total. The summed E-state index contributed by atoms with van der Waals surface area (Å²) in [5.74, 6) is 0.984. The lowest BCUT2D eigenvalue weighted by Crippen LogP contribution is -2.42. The van der Waals surface area contributed by atoms with E-state index in [1.165, 1.54) is 6.33 Å². The van der Waals surface area contributed by atoms with Crippen LogP contribution in [0.5, 0.6) is 0 Å². The first-order valence-electron chi connectivity index (χ1n) is 6.11. The first kappa shape index (κ1) is 10.7. The van der Waals surface area contributed by atoms with Crippen LogP contribution in [0, 0.1) is 5.41 Å². The molecule has 0 atom stereocenters. The molecule has 0 aliphatic carbocycles. The molecule has 0 radical (unpaired) electrons. The number of carbonyl (C=O) groups is 1. The fraction of sp³-hybridized carbons (Fsp3) is 0.583. The van der Waals surface area contributed by atoms with Crippen molar-refractivity contribution in [3.8, 4) is 0 Å². The van der Waals surface area contributed by atoms with Gasteiger partial charge in [-0.3, -0.25) is 9.69 Å². The molecule has 0 saturated carbocycles.